The zero-order valence-electron chi connectivity index (χ0n) is 11.3. The van der Waals surface area contributed by atoms with E-state index >= 15 is 0 Å². The van der Waals surface area contributed by atoms with Crippen molar-refractivity contribution in [2.75, 3.05) is 20.6 Å². The summed E-state index contributed by atoms with van der Waals surface area (Å²) in [5.74, 6) is 0.525. The van der Waals surface area contributed by atoms with Crippen molar-refractivity contribution in [3.05, 3.63) is 36.3 Å². The summed E-state index contributed by atoms with van der Waals surface area (Å²) < 4.78 is 0. The minimum Gasteiger partial charge on any atom is -0.403 e. The minimum atomic E-state index is -0.0148. The van der Waals surface area contributed by atoms with Crippen LogP contribution in [0.5, 0.6) is 0 Å². The van der Waals surface area contributed by atoms with Gasteiger partial charge < -0.3 is 21.3 Å². The van der Waals surface area contributed by atoms with Gasteiger partial charge in [0, 0.05) is 26.8 Å². The molecule has 0 aliphatic carbocycles. The van der Waals surface area contributed by atoms with Crippen LogP contribution in [0.15, 0.2) is 41.3 Å². The number of carbonyl (C=O) groups excluding carboxylic acids is 1. The van der Waals surface area contributed by atoms with Gasteiger partial charge in [0.15, 0.2) is 5.84 Å². The van der Waals surface area contributed by atoms with Crippen LogP contribution in [0.3, 0.4) is 0 Å². The molecule has 1 amide bonds. The molecule has 19 heavy (non-hydrogen) atoms. The van der Waals surface area contributed by atoms with Crippen LogP contribution < -0.4 is 16.4 Å². The van der Waals surface area contributed by atoms with E-state index < -0.39 is 0 Å². The zero-order chi connectivity index (χ0) is 14.1. The molecule has 0 saturated carbocycles. The lowest BCUT2D eigenvalue weighted by Gasteiger charge is -2.19. The van der Waals surface area contributed by atoms with Gasteiger partial charge in [-0.05, 0) is 12.6 Å². The Morgan fingerprint density at radius 1 is 1.58 bits per heavy atom. The number of carbonyl (C=O) groups is 1. The van der Waals surface area contributed by atoms with Crippen molar-refractivity contribution in [1.29, 1.82) is 0 Å². The summed E-state index contributed by atoms with van der Waals surface area (Å²) in [5.41, 5.74) is 6.17. The van der Waals surface area contributed by atoms with E-state index in [1.165, 1.54) is 11.1 Å². The standard InChI is InChI=1S/C13H21N5O/c1-15-12(9-14)13(18(2)10-19)17-11-5-3-7-16-8-4-6-11/h3-5,8-11,15-16H,6-7,14H2,1-2H3/b5-3+,8-4-,12-9+,17-13?. The van der Waals surface area contributed by atoms with Crippen molar-refractivity contribution >= 4 is 12.2 Å². The molecule has 0 fully saturated rings. The molecule has 104 valence electrons. The molecule has 1 unspecified atom stereocenters. The normalized spacial score (nSPS) is 23.6. The van der Waals surface area contributed by atoms with Gasteiger partial charge in [-0.15, -0.1) is 0 Å². The highest BCUT2D eigenvalue weighted by Gasteiger charge is 2.13. The number of amides is 1. The lowest BCUT2D eigenvalue weighted by atomic mass is 10.1. The molecule has 1 atom stereocenters. The number of hydrogen-bond acceptors (Lipinski definition) is 5. The van der Waals surface area contributed by atoms with Crippen molar-refractivity contribution in [3.63, 3.8) is 0 Å². The highest BCUT2D eigenvalue weighted by atomic mass is 16.1. The first-order chi connectivity index (χ1) is 9.22. The second kappa shape index (κ2) is 7.97. The summed E-state index contributed by atoms with van der Waals surface area (Å²) in [6.07, 6.45) is 10.8. The third kappa shape index (κ3) is 4.50. The number of rotatable bonds is 4. The largest absolute Gasteiger partial charge is 0.403 e. The fraction of sp³-hybridized carbons (Fsp3) is 0.385. The highest BCUT2D eigenvalue weighted by molar-refractivity contribution is 6.02. The van der Waals surface area contributed by atoms with Gasteiger partial charge in [0.05, 0.1) is 11.7 Å². The molecule has 1 rings (SSSR count). The summed E-state index contributed by atoms with van der Waals surface area (Å²) in [5, 5.41) is 6.05. The second-order valence-electron chi connectivity index (χ2n) is 4.04. The average molecular weight is 263 g/mol. The van der Waals surface area contributed by atoms with E-state index in [0.717, 1.165) is 13.0 Å². The summed E-state index contributed by atoms with van der Waals surface area (Å²) in [4.78, 5) is 16.9. The van der Waals surface area contributed by atoms with E-state index in [-0.39, 0.29) is 6.04 Å². The van der Waals surface area contributed by atoms with Gasteiger partial charge in [-0.1, -0.05) is 18.2 Å². The number of hydrogen-bond donors (Lipinski definition) is 3. The monoisotopic (exact) mass is 263 g/mol. The Bertz CT molecular complexity index is 411. The van der Waals surface area contributed by atoms with Crippen LogP contribution >= 0.6 is 0 Å². The SMILES string of the molecule is CN/C(=C/N)C(=NC1/C=C/CN/C=C\C1)N(C)C=O. The fourth-order valence-electron chi connectivity index (χ4n) is 1.65. The Morgan fingerprint density at radius 2 is 2.37 bits per heavy atom. The molecule has 6 heteroatoms. The maximum atomic E-state index is 11.0. The van der Waals surface area contributed by atoms with Crippen LogP contribution in [-0.2, 0) is 4.79 Å². The number of amidine groups is 1. The molecular formula is C13H21N5O. The highest BCUT2D eigenvalue weighted by Crippen LogP contribution is 2.07. The molecule has 1 aliphatic heterocycles. The van der Waals surface area contributed by atoms with E-state index in [1.807, 2.05) is 24.4 Å². The van der Waals surface area contributed by atoms with Crippen molar-refractivity contribution in [3.8, 4) is 0 Å². The molecule has 0 saturated heterocycles. The quantitative estimate of drug-likeness (QED) is 0.287. The Hall–Kier alpha value is -2.24. The van der Waals surface area contributed by atoms with Gasteiger partial charge in [0.2, 0.25) is 6.41 Å². The Kier molecular flexibility index (Phi) is 6.21. The summed E-state index contributed by atoms with van der Waals surface area (Å²) >= 11 is 0. The molecule has 1 heterocycles. The summed E-state index contributed by atoms with van der Waals surface area (Å²) in [7, 11) is 3.39. The molecule has 0 bridgehead atoms. The average Bonchev–Trinajstić information content (AvgIpc) is 2.40. The molecule has 4 N–H and O–H groups in total. The predicted octanol–water partition coefficient (Wildman–Crippen LogP) is -0.0756. The fourth-order valence-corrected chi connectivity index (χ4v) is 1.65. The van der Waals surface area contributed by atoms with Crippen LogP contribution in [0.4, 0.5) is 0 Å². The molecule has 0 spiro atoms. The molecule has 0 aromatic carbocycles. The van der Waals surface area contributed by atoms with Crippen molar-refractivity contribution in [2.45, 2.75) is 12.5 Å². The van der Waals surface area contributed by atoms with Gasteiger partial charge in [-0.2, -0.15) is 0 Å². The smallest absolute Gasteiger partial charge is 0.215 e. The summed E-state index contributed by atoms with van der Waals surface area (Å²) in [6, 6.07) is -0.0148. The van der Waals surface area contributed by atoms with Crippen LogP contribution in [-0.4, -0.2) is 43.8 Å². The Labute approximate surface area is 113 Å². The number of nitrogens with zero attached hydrogens (tertiary/aromatic N) is 2. The van der Waals surface area contributed by atoms with Crippen LogP contribution in [0.25, 0.3) is 0 Å². The zero-order valence-corrected chi connectivity index (χ0v) is 11.3. The van der Waals surface area contributed by atoms with Crippen LogP contribution in [0.1, 0.15) is 6.42 Å². The first-order valence-electron chi connectivity index (χ1n) is 6.14. The maximum absolute atomic E-state index is 11.0. The molecule has 0 radical (unpaired) electrons. The van der Waals surface area contributed by atoms with Gasteiger partial charge in [-0.3, -0.25) is 9.79 Å². The maximum Gasteiger partial charge on any atom is 0.215 e. The van der Waals surface area contributed by atoms with Gasteiger partial charge in [0.1, 0.15) is 0 Å². The van der Waals surface area contributed by atoms with Crippen molar-refractivity contribution in [2.24, 2.45) is 10.7 Å². The van der Waals surface area contributed by atoms with Crippen molar-refractivity contribution in [1.82, 2.24) is 15.5 Å². The molecule has 0 aromatic rings. The molecule has 6 nitrogen and oxygen atoms in total. The lowest BCUT2D eigenvalue weighted by Crippen LogP contribution is -2.33. The third-order valence-electron chi connectivity index (χ3n) is 2.66. The molecular weight excluding hydrogens is 242 g/mol. The molecule has 1 aliphatic rings. The Morgan fingerprint density at radius 3 is 3.00 bits per heavy atom. The second-order valence-corrected chi connectivity index (χ2v) is 4.04. The topological polar surface area (TPSA) is 82.8 Å². The predicted molar refractivity (Wildman–Crippen MR) is 77.3 cm³/mol. The first-order valence-corrected chi connectivity index (χ1v) is 6.14. The van der Waals surface area contributed by atoms with Crippen molar-refractivity contribution < 1.29 is 4.79 Å². The van der Waals surface area contributed by atoms with Gasteiger partial charge in [-0.25, -0.2) is 0 Å². The van der Waals surface area contributed by atoms with Gasteiger partial charge in [0.25, 0.3) is 0 Å². The van der Waals surface area contributed by atoms with Crippen LogP contribution in [0.2, 0.25) is 0 Å². The first kappa shape index (κ1) is 14.8. The van der Waals surface area contributed by atoms with E-state index in [2.05, 4.69) is 15.6 Å². The van der Waals surface area contributed by atoms with E-state index in [0.29, 0.717) is 17.9 Å². The van der Waals surface area contributed by atoms with Gasteiger partial charge >= 0.3 is 0 Å². The van der Waals surface area contributed by atoms with E-state index in [1.54, 1.807) is 14.1 Å². The van der Waals surface area contributed by atoms with E-state index in [4.69, 9.17) is 5.73 Å². The summed E-state index contributed by atoms with van der Waals surface area (Å²) in [6.45, 7) is 0.771. The number of nitrogens with two attached hydrogens (primary N) is 1. The number of nitrogens with one attached hydrogen (secondary N) is 2. The lowest BCUT2D eigenvalue weighted by molar-refractivity contribution is -0.114. The minimum absolute atomic E-state index is 0.0148. The number of likely N-dealkylation sites (N-methyl/N-ethyl adjacent to an activating group) is 2. The Balaban J connectivity index is 3.00. The number of aliphatic imine (C=N–C) groups is 1. The molecule has 0 aromatic heterocycles. The third-order valence-corrected chi connectivity index (χ3v) is 2.66. The van der Waals surface area contributed by atoms with E-state index in [9.17, 15) is 4.79 Å². The van der Waals surface area contributed by atoms with Crippen LogP contribution in [0, 0.1) is 0 Å².